The Morgan fingerprint density at radius 1 is 1.04 bits per heavy atom. The number of amides is 1. The van der Waals surface area contributed by atoms with Crippen LogP contribution in [0.15, 0.2) is 66.7 Å². The van der Waals surface area contributed by atoms with Crippen molar-refractivity contribution in [2.24, 2.45) is 0 Å². The number of aliphatic hydroxyl groups excluding tert-OH is 1. The Morgan fingerprint density at radius 3 is 2.62 bits per heavy atom. The molecule has 0 heterocycles. The van der Waals surface area contributed by atoms with Crippen molar-refractivity contribution in [2.45, 2.75) is 12.5 Å². The van der Waals surface area contributed by atoms with Crippen LogP contribution < -0.4 is 5.32 Å². The van der Waals surface area contributed by atoms with Crippen molar-refractivity contribution in [1.82, 2.24) is 5.32 Å². The summed E-state index contributed by atoms with van der Waals surface area (Å²) in [7, 11) is 0. The van der Waals surface area contributed by atoms with Gasteiger partial charge in [-0.15, -0.1) is 0 Å². The summed E-state index contributed by atoms with van der Waals surface area (Å²) in [5.41, 5.74) is 1.40. The molecule has 0 bridgehead atoms. The van der Waals surface area contributed by atoms with Gasteiger partial charge in [0.1, 0.15) is 0 Å². The highest BCUT2D eigenvalue weighted by molar-refractivity contribution is 6.30. The predicted molar refractivity (Wildman–Crippen MR) is 97.3 cm³/mol. The van der Waals surface area contributed by atoms with Crippen LogP contribution >= 0.6 is 11.6 Å². The van der Waals surface area contributed by atoms with Gasteiger partial charge in [-0.05, 0) is 41.0 Å². The molecule has 122 valence electrons. The lowest BCUT2D eigenvalue weighted by Gasteiger charge is -2.14. The monoisotopic (exact) mass is 339 g/mol. The number of carbonyl (C=O) groups excluding carboxylic acids is 1. The maximum Gasteiger partial charge on any atom is 0.251 e. The van der Waals surface area contributed by atoms with Crippen LogP contribution in [0.5, 0.6) is 0 Å². The zero-order valence-corrected chi connectivity index (χ0v) is 13.8. The van der Waals surface area contributed by atoms with E-state index in [9.17, 15) is 9.90 Å². The van der Waals surface area contributed by atoms with E-state index in [4.69, 9.17) is 11.6 Å². The minimum Gasteiger partial charge on any atom is -0.388 e. The van der Waals surface area contributed by atoms with Gasteiger partial charge in [0.05, 0.1) is 6.10 Å². The van der Waals surface area contributed by atoms with E-state index in [0.29, 0.717) is 23.6 Å². The lowest BCUT2D eigenvalue weighted by molar-refractivity contribution is 0.0943. The Kier molecular flexibility index (Phi) is 5.14. The largest absolute Gasteiger partial charge is 0.388 e. The topological polar surface area (TPSA) is 49.3 Å². The highest BCUT2D eigenvalue weighted by atomic mass is 35.5. The van der Waals surface area contributed by atoms with Crippen molar-refractivity contribution < 1.29 is 9.90 Å². The molecule has 0 saturated heterocycles. The van der Waals surface area contributed by atoms with E-state index in [1.54, 1.807) is 24.3 Å². The number of fused-ring (bicyclic) bond motifs is 1. The zero-order valence-electron chi connectivity index (χ0n) is 13.1. The first-order valence-corrected chi connectivity index (χ1v) is 8.22. The number of carbonyl (C=O) groups is 1. The summed E-state index contributed by atoms with van der Waals surface area (Å²) in [4.78, 5) is 12.1. The summed E-state index contributed by atoms with van der Waals surface area (Å²) in [6.45, 7) is 0.385. The summed E-state index contributed by atoms with van der Waals surface area (Å²) in [5, 5.41) is 15.9. The van der Waals surface area contributed by atoms with Crippen LogP contribution in [0.25, 0.3) is 10.8 Å². The number of aliphatic hydroxyl groups is 1. The van der Waals surface area contributed by atoms with Gasteiger partial charge in [-0.3, -0.25) is 4.79 Å². The number of benzene rings is 3. The van der Waals surface area contributed by atoms with Gasteiger partial charge in [-0.1, -0.05) is 60.1 Å². The molecule has 0 radical (unpaired) electrons. The Hall–Kier alpha value is -2.36. The zero-order chi connectivity index (χ0) is 16.9. The molecular formula is C20H18ClNO2. The van der Waals surface area contributed by atoms with E-state index in [0.717, 1.165) is 16.3 Å². The van der Waals surface area contributed by atoms with E-state index in [2.05, 4.69) is 5.32 Å². The smallest absolute Gasteiger partial charge is 0.251 e. The molecule has 3 rings (SSSR count). The normalized spacial score (nSPS) is 12.1. The second kappa shape index (κ2) is 7.47. The Morgan fingerprint density at radius 2 is 1.79 bits per heavy atom. The molecule has 3 aromatic rings. The minimum absolute atomic E-state index is 0.192. The molecule has 3 aromatic carbocycles. The SMILES string of the molecule is O=C(NCCC(O)c1cccc2ccccc12)c1cccc(Cl)c1. The molecule has 0 aliphatic carbocycles. The molecule has 0 fully saturated rings. The molecule has 1 atom stereocenters. The molecule has 2 N–H and O–H groups in total. The van der Waals surface area contributed by atoms with Crippen molar-refractivity contribution in [2.75, 3.05) is 6.54 Å². The lowest BCUT2D eigenvalue weighted by Crippen LogP contribution is -2.25. The van der Waals surface area contributed by atoms with Gasteiger partial charge in [-0.25, -0.2) is 0 Å². The molecule has 0 aliphatic heterocycles. The third kappa shape index (κ3) is 3.75. The summed E-state index contributed by atoms with van der Waals surface area (Å²) in [6, 6.07) is 20.6. The number of nitrogens with one attached hydrogen (secondary N) is 1. The predicted octanol–water partition coefficient (Wildman–Crippen LogP) is 4.35. The molecule has 24 heavy (non-hydrogen) atoms. The van der Waals surface area contributed by atoms with Crippen molar-refractivity contribution >= 4 is 28.3 Å². The van der Waals surface area contributed by atoms with E-state index in [1.807, 2.05) is 42.5 Å². The fourth-order valence-electron chi connectivity index (χ4n) is 2.75. The lowest BCUT2D eigenvalue weighted by atomic mass is 9.99. The molecule has 0 spiro atoms. The Balaban J connectivity index is 1.63. The highest BCUT2D eigenvalue weighted by Crippen LogP contribution is 2.25. The first-order chi connectivity index (χ1) is 11.6. The van der Waals surface area contributed by atoms with Gasteiger partial charge in [0.15, 0.2) is 0 Å². The number of rotatable bonds is 5. The molecule has 0 aromatic heterocycles. The number of hydrogen-bond donors (Lipinski definition) is 2. The van der Waals surface area contributed by atoms with Crippen LogP contribution in [-0.2, 0) is 0 Å². The molecule has 1 unspecified atom stereocenters. The van der Waals surface area contributed by atoms with Crippen LogP contribution in [-0.4, -0.2) is 17.6 Å². The standard InChI is InChI=1S/C20H18ClNO2/c21-16-8-3-7-15(13-16)20(24)22-12-11-19(23)18-10-4-6-14-5-1-2-9-17(14)18/h1-10,13,19,23H,11-12H2,(H,22,24). The molecule has 3 nitrogen and oxygen atoms in total. The number of halogens is 1. The fraction of sp³-hybridized carbons (Fsp3) is 0.150. The van der Waals surface area contributed by atoms with Crippen molar-refractivity contribution in [3.63, 3.8) is 0 Å². The molecular weight excluding hydrogens is 322 g/mol. The molecule has 4 heteroatoms. The van der Waals surface area contributed by atoms with Crippen LogP contribution in [0.3, 0.4) is 0 Å². The first-order valence-electron chi connectivity index (χ1n) is 7.84. The van der Waals surface area contributed by atoms with Crippen molar-refractivity contribution in [3.8, 4) is 0 Å². The number of hydrogen-bond acceptors (Lipinski definition) is 2. The third-order valence-electron chi connectivity index (χ3n) is 3.97. The van der Waals surface area contributed by atoms with Gasteiger partial charge >= 0.3 is 0 Å². The molecule has 0 saturated carbocycles. The van der Waals surface area contributed by atoms with E-state index in [-0.39, 0.29) is 5.91 Å². The average Bonchev–Trinajstić information content (AvgIpc) is 2.61. The summed E-state index contributed by atoms with van der Waals surface area (Å²) in [5.74, 6) is -0.192. The van der Waals surface area contributed by atoms with Crippen molar-refractivity contribution in [1.29, 1.82) is 0 Å². The second-order valence-corrected chi connectivity index (χ2v) is 6.08. The summed E-state index contributed by atoms with van der Waals surface area (Å²) < 4.78 is 0. The molecule has 1 amide bonds. The maximum atomic E-state index is 12.1. The Bertz CT molecular complexity index is 858. The quantitative estimate of drug-likeness (QED) is 0.726. The van der Waals surface area contributed by atoms with Crippen LogP contribution in [0.1, 0.15) is 28.4 Å². The van der Waals surface area contributed by atoms with E-state index < -0.39 is 6.10 Å². The van der Waals surface area contributed by atoms with Crippen LogP contribution in [0.2, 0.25) is 5.02 Å². The molecule has 0 aliphatic rings. The highest BCUT2D eigenvalue weighted by Gasteiger charge is 2.12. The van der Waals surface area contributed by atoms with Crippen LogP contribution in [0, 0.1) is 0 Å². The summed E-state index contributed by atoms with van der Waals surface area (Å²) in [6.07, 6.45) is -0.184. The maximum absolute atomic E-state index is 12.1. The Labute approximate surface area is 145 Å². The van der Waals surface area contributed by atoms with Gasteiger partial charge in [0.2, 0.25) is 0 Å². The summed E-state index contributed by atoms with van der Waals surface area (Å²) >= 11 is 5.89. The second-order valence-electron chi connectivity index (χ2n) is 5.64. The van der Waals surface area contributed by atoms with E-state index >= 15 is 0 Å². The third-order valence-corrected chi connectivity index (χ3v) is 4.21. The van der Waals surface area contributed by atoms with Gasteiger partial charge in [0.25, 0.3) is 5.91 Å². The van der Waals surface area contributed by atoms with Crippen LogP contribution in [0.4, 0.5) is 0 Å². The van der Waals surface area contributed by atoms with Gasteiger partial charge < -0.3 is 10.4 Å². The fourth-order valence-corrected chi connectivity index (χ4v) is 2.94. The minimum atomic E-state index is -0.629. The average molecular weight is 340 g/mol. The van der Waals surface area contributed by atoms with Crippen molar-refractivity contribution in [3.05, 3.63) is 82.9 Å². The first kappa shape index (κ1) is 16.5. The van der Waals surface area contributed by atoms with E-state index in [1.165, 1.54) is 0 Å². The van der Waals surface area contributed by atoms with Gasteiger partial charge in [0, 0.05) is 17.1 Å². The van der Waals surface area contributed by atoms with Gasteiger partial charge in [-0.2, -0.15) is 0 Å².